The molecule has 0 heterocycles. The average Bonchev–Trinajstić information content (AvgIpc) is 2.38. The smallest absolute Gasteiger partial charge is 0.258 e. The van der Waals surface area contributed by atoms with E-state index in [0.29, 0.717) is 10.6 Å². The summed E-state index contributed by atoms with van der Waals surface area (Å²) in [6.07, 6.45) is 0. The second-order valence-corrected chi connectivity index (χ2v) is 4.66. The first-order valence-corrected chi connectivity index (χ1v) is 6.26. The highest BCUT2D eigenvalue weighted by molar-refractivity contribution is 7.98. The topological polar surface area (TPSA) is 43.1 Å². The molecule has 0 aliphatic rings. The minimum Gasteiger partial charge on any atom is -0.258 e. The molecule has 3 nitrogen and oxygen atoms in total. The van der Waals surface area contributed by atoms with Crippen molar-refractivity contribution in [3.8, 4) is 0 Å². The van der Waals surface area contributed by atoms with Crippen LogP contribution in [-0.4, -0.2) is 4.92 Å². The van der Waals surface area contributed by atoms with Gasteiger partial charge in [0.2, 0.25) is 0 Å². The average molecular weight is 263 g/mol. The molecule has 0 aliphatic carbocycles. The zero-order chi connectivity index (χ0) is 13.0. The number of nitro benzene ring substituents is 1. The zero-order valence-electron chi connectivity index (χ0n) is 9.38. The SMILES string of the molecule is O=[N+]([O-])c1ccc(CSc2ccccc2F)cc1. The molecule has 0 atom stereocenters. The normalized spacial score (nSPS) is 10.3. The van der Waals surface area contributed by atoms with E-state index in [1.165, 1.54) is 30.0 Å². The molecule has 2 aromatic rings. The summed E-state index contributed by atoms with van der Waals surface area (Å²) < 4.78 is 13.4. The predicted octanol–water partition coefficient (Wildman–Crippen LogP) is 4.03. The maximum Gasteiger partial charge on any atom is 0.269 e. The van der Waals surface area contributed by atoms with Crippen molar-refractivity contribution in [2.45, 2.75) is 10.6 Å². The zero-order valence-corrected chi connectivity index (χ0v) is 10.2. The highest BCUT2D eigenvalue weighted by Crippen LogP contribution is 2.25. The van der Waals surface area contributed by atoms with Gasteiger partial charge >= 0.3 is 0 Å². The van der Waals surface area contributed by atoms with Gasteiger partial charge in [-0.05, 0) is 17.7 Å². The summed E-state index contributed by atoms with van der Waals surface area (Å²) in [5.41, 5.74) is 0.989. The van der Waals surface area contributed by atoms with E-state index in [-0.39, 0.29) is 11.5 Å². The van der Waals surface area contributed by atoms with Crippen LogP contribution < -0.4 is 0 Å². The molecule has 5 heteroatoms. The molecule has 0 radical (unpaired) electrons. The minimum atomic E-state index is -0.437. The molecule has 0 N–H and O–H groups in total. The molecule has 18 heavy (non-hydrogen) atoms. The van der Waals surface area contributed by atoms with Gasteiger partial charge in [-0.3, -0.25) is 10.1 Å². The van der Waals surface area contributed by atoms with Gasteiger partial charge in [0.15, 0.2) is 0 Å². The quantitative estimate of drug-likeness (QED) is 0.475. The molecule has 2 rings (SSSR count). The van der Waals surface area contributed by atoms with Crippen molar-refractivity contribution in [2.24, 2.45) is 0 Å². The van der Waals surface area contributed by atoms with Gasteiger partial charge in [0.25, 0.3) is 5.69 Å². The first-order chi connectivity index (χ1) is 8.66. The van der Waals surface area contributed by atoms with Crippen molar-refractivity contribution in [2.75, 3.05) is 0 Å². The van der Waals surface area contributed by atoms with E-state index in [4.69, 9.17) is 0 Å². The van der Waals surface area contributed by atoms with Gasteiger partial charge in [0.05, 0.1) is 4.92 Å². The number of hydrogen-bond acceptors (Lipinski definition) is 3. The number of benzene rings is 2. The van der Waals surface area contributed by atoms with Gasteiger partial charge in [-0.25, -0.2) is 4.39 Å². The number of non-ortho nitro benzene ring substituents is 1. The van der Waals surface area contributed by atoms with Gasteiger partial charge < -0.3 is 0 Å². The lowest BCUT2D eigenvalue weighted by Crippen LogP contribution is -1.88. The van der Waals surface area contributed by atoms with E-state index in [0.717, 1.165) is 5.56 Å². The van der Waals surface area contributed by atoms with Crippen LogP contribution in [0.1, 0.15) is 5.56 Å². The third-order valence-corrected chi connectivity index (χ3v) is 3.50. The Morgan fingerprint density at radius 3 is 2.39 bits per heavy atom. The van der Waals surface area contributed by atoms with Crippen LogP contribution in [0.4, 0.5) is 10.1 Å². The van der Waals surface area contributed by atoms with Gasteiger partial charge in [-0.15, -0.1) is 11.8 Å². The van der Waals surface area contributed by atoms with E-state index in [1.807, 2.05) is 0 Å². The Morgan fingerprint density at radius 2 is 1.78 bits per heavy atom. The summed E-state index contributed by atoms with van der Waals surface area (Å²) in [4.78, 5) is 10.6. The number of rotatable bonds is 4. The molecule has 0 aliphatic heterocycles. The molecule has 0 saturated heterocycles. The molecular formula is C13H10FNO2S. The first kappa shape index (κ1) is 12.6. The van der Waals surface area contributed by atoms with Gasteiger partial charge in [0, 0.05) is 22.8 Å². The van der Waals surface area contributed by atoms with E-state index in [9.17, 15) is 14.5 Å². The van der Waals surface area contributed by atoms with Crippen LogP contribution in [0, 0.1) is 15.9 Å². The van der Waals surface area contributed by atoms with Crippen molar-refractivity contribution in [1.82, 2.24) is 0 Å². The Morgan fingerprint density at radius 1 is 1.11 bits per heavy atom. The lowest BCUT2D eigenvalue weighted by atomic mass is 10.2. The monoisotopic (exact) mass is 263 g/mol. The van der Waals surface area contributed by atoms with Gasteiger partial charge in [-0.2, -0.15) is 0 Å². The summed E-state index contributed by atoms with van der Waals surface area (Å²) in [5.74, 6) is 0.336. The van der Waals surface area contributed by atoms with Crippen LogP contribution in [0.2, 0.25) is 0 Å². The van der Waals surface area contributed by atoms with Gasteiger partial charge in [-0.1, -0.05) is 24.3 Å². The third-order valence-electron chi connectivity index (χ3n) is 2.38. The van der Waals surface area contributed by atoms with Crippen LogP contribution in [0.5, 0.6) is 0 Å². The molecule has 0 saturated carbocycles. The van der Waals surface area contributed by atoms with E-state index >= 15 is 0 Å². The Bertz CT molecular complexity index is 557. The molecule has 0 amide bonds. The highest BCUT2D eigenvalue weighted by Gasteiger charge is 2.05. The first-order valence-electron chi connectivity index (χ1n) is 5.27. The summed E-state index contributed by atoms with van der Waals surface area (Å²) in [5, 5.41) is 10.5. The lowest BCUT2D eigenvalue weighted by molar-refractivity contribution is -0.384. The number of halogens is 1. The largest absolute Gasteiger partial charge is 0.269 e. The van der Waals surface area contributed by atoms with Crippen molar-refractivity contribution < 1.29 is 9.31 Å². The Kier molecular flexibility index (Phi) is 3.94. The summed E-state index contributed by atoms with van der Waals surface area (Å²) in [7, 11) is 0. The van der Waals surface area contributed by atoms with Crippen molar-refractivity contribution in [3.05, 3.63) is 70.0 Å². The fourth-order valence-corrected chi connectivity index (χ4v) is 2.33. The molecule has 92 valence electrons. The number of nitrogens with zero attached hydrogens (tertiary/aromatic N) is 1. The van der Waals surface area contributed by atoms with Crippen LogP contribution in [0.25, 0.3) is 0 Å². The van der Waals surface area contributed by atoms with E-state index < -0.39 is 4.92 Å². The van der Waals surface area contributed by atoms with Crippen LogP contribution in [-0.2, 0) is 5.75 Å². The van der Waals surface area contributed by atoms with E-state index in [1.54, 1.807) is 30.3 Å². The van der Waals surface area contributed by atoms with Crippen LogP contribution in [0.3, 0.4) is 0 Å². The predicted molar refractivity (Wildman–Crippen MR) is 69.1 cm³/mol. The van der Waals surface area contributed by atoms with E-state index in [2.05, 4.69) is 0 Å². The maximum atomic E-state index is 13.4. The molecule has 0 bridgehead atoms. The Labute approximate surface area is 108 Å². The number of nitro groups is 1. The fraction of sp³-hybridized carbons (Fsp3) is 0.0769. The van der Waals surface area contributed by atoms with Crippen molar-refractivity contribution in [1.29, 1.82) is 0 Å². The van der Waals surface area contributed by atoms with Gasteiger partial charge in [0.1, 0.15) is 5.82 Å². The number of thioether (sulfide) groups is 1. The highest BCUT2D eigenvalue weighted by atomic mass is 32.2. The van der Waals surface area contributed by atoms with Crippen LogP contribution >= 0.6 is 11.8 Å². The molecule has 0 aromatic heterocycles. The molecule has 0 spiro atoms. The summed E-state index contributed by atoms with van der Waals surface area (Å²) in [6.45, 7) is 0. The molecule has 2 aromatic carbocycles. The summed E-state index contributed by atoms with van der Waals surface area (Å²) >= 11 is 1.37. The lowest BCUT2D eigenvalue weighted by Gasteiger charge is -2.03. The fourth-order valence-electron chi connectivity index (χ4n) is 1.44. The summed E-state index contributed by atoms with van der Waals surface area (Å²) in [6, 6.07) is 12.8. The molecule has 0 fully saturated rings. The standard InChI is InChI=1S/C13H10FNO2S/c14-12-3-1-2-4-13(12)18-9-10-5-7-11(8-6-10)15(16)17/h1-8H,9H2. The second kappa shape index (κ2) is 5.64. The molecular weight excluding hydrogens is 253 g/mol. The number of hydrogen-bond donors (Lipinski definition) is 0. The maximum absolute atomic E-state index is 13.4. The second-order valence-electron chi connectivity index (χ2n) is 3.64. The minimum absolute atomic E-state index is 0.0645. The van der Waals surface area contributed by atoms with Crippen molar-refractivity contribution in [3.63, 3.8) is 0 Å². The third kappa shape index (κ3) is 3.07. The van der Waals surface area contributed by atoms with Crippen LogP contribution in [0.15, 0.2) is 53.4 Å². The molecule has 0 unspecified atom stereocenters. The van der Waals surface area contributed by atoms with Crippen molar-refractivity contribution >= 4 is 17.4 Å². The Hall–Kier alpha value is -1.88. The Balaban J connectivity index is 2.02.